The predicted molar refractivity (Wildman–Crippen MR) is 93.3 cm³/mol. The maximum Gasteiger partial charge on any atom is 0.243 e. The third-order valence-corrected chi connectivity index (χ3v) is 5.39. The number of carbonyl (C=O) groups excluding carboxylic acids is 1. The lowest BCUT2D eigenvalue weighted by molar-refractivity contribution is -0.130. The van der Waals surface area contributed by atoms with E-state index in [4.69, 9.17) is 0 Å². The second-order valence-electron chi connectivity index (χ2n) is 6.46. The van der Waals surface area contributed by atoms with Crippen LogP contribution in [0.1, 0.15) is 36.0 Å². The molecule has 0 aromatic heterocycles. The molecule has 23 heavy (non-hydrogen) atoms. The largest absolute Gasteiger partial charge is 0.341 e. The monoisotopic (exact) mass is 338 g/mol. The molecule has 5 nitrogen and oxygen atoms in total. The first kappa shape index (κ1) is 17.8. The maximum atomic E-state index is 12.5. The molecule has 6 heteroatoms. The predicted octanol–water partition coefficient (Wildman–Crippen LogP) is 2.39. The van der Waals surface area contributed by atoms with Crippen LogP contribution in [0, 0.1) is 20.8 Å². The molecule has 0 saturated carbocycles. The Bertz CT molecular complexity index is 669. The van der Waals surface area contributed by atoms with Crippen LogP contribution in [-0.2, 0) is 14.8 Å². The number of carbonyl (C=O) groups is 1. The molecule has 2 rings (SSSR count). The molecular formula is C17H26N2O3S. The Hall–Kier alpha value is -1.56. The van der Waals surface area contributed by atoms with Crippen LogP contribution in [0.5, 0.6) is 0 Å². The van der Waals surface area contributed by atoms with Crippen molar-refractivity contribution in [1.82, 2.24) is 4.90 Å². The summed E-state index contributed by atoms with van der Waals surface area (Å²) in [5.74, 6) is -0.116. The van der Waals surface area contributed by atoms with Crippen molar-refractivity contribution in [2.24, 2.45) is 0 Å². The lowest BCUT2D eigenvalue weighted by Crippen LogP contribution is -2.45. The van der Waals surface area contributed by atoms with E-state index < -0.39 is 10.0 Å². The molecule has 0 radical (unpaired) electrons. The van der Waals surface area contributed by atoms with Crippen molar-refractivity contribution in [2.45, 2.75) is 40.0 Å². The van der Waals surface area contributed by atoms with Gasteiger partial charge in [-0.3, -0.25) is 9.10 Å². The van der Waals surface area contributed by atoms with Crippen LogP contribution in [0.2, 0.25) is 0 Å². The van der Waals surface area contributed by atoms with E-state index in [0.717, 1.165) is 55.3 Å². The molecular weight excluding hydrogens is 312 g/mol. The second kappa shape index (κ2) is 6.91. The Morgan fingerprint density at radius 2 is 1.61 bits per heavy atom. The number of rotatable bonds is 4. The van der Waals surface area contributed by atoms with Crippen LogP contribution in [0.3, 0.4) is 0 Å². The van der Waals surface area contributed by atoms with Crippen molar-refractivity contribution in [3.05, 3.63) is 28.8 Å². The van der Waals surface area contributed by atoms with Gasteiger partial charge in [0.05, 0.1) is 11.9 Å². The van der Waals surface area contributed by atoms with E-state index in [9.17, 15) is 13.2 Å². The number of amides is 1. The van der Waals surface area contributed by atoms with Crippen LogP contribution in [-0.4, -0.2) is 45.1 Å². The summed E-state index contributed by atoms with van der Waals surface area (Å²) in [7, 11) is -3.52. The van der Waals surface area contributed by atoms with Gasteiger partial charge in [0.1, 0.15) is 6.54 Å². The van der Waals surface area contributed by atoms with Crippen molar-refractivity contribution in [3.8, 4) is 0 Å². The van der Waals surface area contributed by atoms with Crippen molar-refractivity contribution < 1.29 is 13.2 Å². The Morgan fingerprint density at radius 1 is 1.09 bits per heavy atom. The summed E-state index contributed by atoms with van der Waals surface area (Å²) >= 11 is 0. The van der Waals surface area contributed by atoms with Gasteiger partial charge in [0.15, 0.2) is 0 Å². The number of piperidine rings is 1. The molecule has 0 atom stereocenters. The van der Waals surface area contributed by atoms with E-state index in [1.807, 2.05) is 32.9 Å². The highest BCUT2D eigenvalue weighted by Crippen LogP contribution is 2.28. The molecule has 0 bridgehead atoms. The molecule has 1 saturated heterocycles. The van der Waals surface area contributed by atoms with Crippen molar-refractivity contribution in [1.29, 1.82) is 0 Å². The minimum atomic E-state index is -3.52. The number of benzene rings is 1. The summed E-state index contributed by atoms with van der Waals surface area (Å²) in [6.07, 6.45) is 4.28. The number of aryl methyl sites for hydroxylation is 3. The van der Waals surface area contributed by atoms with Crippen LogP contribution in [0.4, 0.5) is 5.69 Å². The number of hydrogen-bond donors (Lipinski definition) is 0. The average Bonchev–Trinajstić information content (AvgIpc) is 2.45. The highest BCUT2D eigenvalue weighted by molar-refractivity contribution is 7.92. The zero-order valence-corrected chi connectivity index (χ0v) is 15.2. The third-order valence-electron chi connectivity index (χ3n) is 4.27. The van der Waals surface area contributed by atoms with E-state index in [-0.39, 0.29) is 12.5 Å². The molecule has 1 heterocycles. The van der Waals surface area contributed by atoms with Gasteiger partial charge in [0, 0.05) is 13.1 Å². The molecule has 128 valence electrons. The minimum Gasteiger partial charge on any atom is -0.341 e. The van der Waals surface area contributed by atoms with Crippen LogP contribution in [0.15, 0.2) is 12.1 Å². The topological polar surface area (TPSA) is 57.7 Å². The van der Waals surface area contributed by atoms with Crippen LogP contribution < -0.4 is 4.31 Å². The molecule has 0 N–H and O–H groups in total. The van der Waals surface area contributed by atoms with E-state index in [1.54, 1.807) is 4.90 Å². The first-order chi connectivity index (χ1) is 10.7. The molecule has 1 aliphatic rings. The SMILES string of the molecule is Cc1cc(C)c(N(CC(=O)N2CCCCC2)S(C)(=O)=O)c(C)c1. The molecule has 0 unspecified atom stereocenters. The van der Waals surface area contributed by atoms with Gasteiger partial charge >= 0.3 is 0 Å². The molecule has 0 aliphatic carbocycles. The maximum absolute atomic E-state index is 12.5. The van der Waals surface area contributed by atoms with Gasteiger partial charge in [-0.1, -0.05) is 17.7 Å². The fourth-order valence-electron chi connectivity index (χ4n) is 3.29. The summed E-state index contributed by atoms with van der Waals surface area (Å²) in [4.78, 5) is 14.3. The highest BCUT2D eigenvalue weighted by Gasteiger charge is 2.27. The number of likely N-dealkylation sites (tertiary alicyclic amines) is 1. The van der Waals surface area contributed by atoms with Crippen LogP contribution in [0.25, 0.3) is 0 Å². The Kier molecular flexibility index (Phi) is 5.34. The summed E-state index contributed by atoms with van der Waals surface area (Å²) in [5.41, 5.74) is 3.46. The molecule has 1 amide bonds. The summed E-state index contributed by atoms with van der Waals surface area (Å²) in [6.45, 7) is 7.08. The number of anilines is 1. The van der Waals surface area contributed by atoms with Crippen LogP contribution >= 0.6 is 0 Å². The highest BCUT2D eigenvalue weighted by atomic mass is 32.2. The number of sulfonamides is 1. The van der Waals surface area contributed by atoms with Gasteiger partial charge in [-0.25, -0.2) is 8.42 Å². The Morgan fingerprint density at radius 3 is 2.09 bits per heavy atom. The zero-order chi connectivity index (χ0) is 17.2. The molecule has 1 aliphatic heterocycles. The summed E-state index contributed by atoms with van der Waals surface area (Å²) < 4.78 is 25.8. The van der Waals surface area contributed by atoms with Gasteiger partial charge in [0.25, 0.3) is 0 Å². The van der Waals surface area contributed by atoms with Gasteiger partial charge < -0.3 is 4.90 Å². The first-order valence-corrected chi connectivity index (χ1v) is 9.88. The summed E-state index contributed by atoms with van der Waals surface area (Å²) in [6, 6.07) is 3.90. The quantitative estimate of drug-likeness (QED) is 0.847. The second-order valence-corrected chi connectivity index (χ2v) is 8.37. The van der Waals surface area contributed by atoms with Crippen molar-refractivity contribution in [2.75, 3.05) is 30.2 Å². The fraction of sp³-hybridized carbons (Fsp3) is 0.588. The standard InChI is InChI=1S/C17H26N2O3S/c1-13-10-14(2)17(15(3)11-13)19(23(4,21)22)12-16(20)18-8-6-5-7-9-18/h10-11H,5-9,12H2,1-4H3. The van der Waals surface area contributed by atoms with Gasteiger partial charge in [-0.05, 0) is 51.2 Å². The first-order valence-electron chi connectivity index (χ1n) is 8.03. The van der Waals surface area contributed by atoms with Gasteiger partial charge in [0.2, 0.25) is 15.9 Å². The molecule has 1 aromatic carbocycles. The van der Waals surface area contributed by atoms with E-state index in [1.165, 1.54) is 4.31 Å². The Balaban J connectivity index is 2.34. The summed E-state index contributed by atoms with van der Waals surface area (Å²) in [5, 5.41) is 0. The molecule has 0 spiro atoms. The van der Waals surface area contributed by atoms with E-state index in [0.29, 0.717) is 5.69 Å². The van der Waals surface area contributed by atoms with Gasteiger partial charge in [-0.2, -0.15) is 0 Å². The van der Waals surface area contributed by atoms with Gasteiger partial charge in [-0.15, -0.1) is 0 Å². The van der Waals surface area contributed by atoms with Crippen molar-refractivity contribution in [3.63, 3.8) is 0 Å². The minimum absolute atomic E-state index is 0.116. The lowest BCUT2D eigenvalue weighted by Gasteiger charge is -2.31. The van der Waals surface area contributed by atoms with E-state index >= 15 is 0 Å². The lowest BCUT2D eigenvalue weighted by atomic mass is 10.1. The number of nitrogens with zero attached hydrogens (tertiary/aromatic N) is 2. The fourth-order valence-corrected chi connectivity index (χ4v) is 4.26. The average molecular weight is 338 g/mol. The Labute approximate surface area is 139 Å². The molecule has 1 fully saturated rings. The normalized spacial score (nSPS) is 15.6. The van der Waals surface area contributed by atoms with E-state index in [2.05, 4.69) is 0 Å². The zero-order valence-electron chi connectivity index (χ0n) is 14.4. The van der Waals surface area contributed by atoms with Crippen molar-refractivity contribution >= 4 is 21.6 Å². The smallest absolute Gasteiger partial charge is 0.243 e. The third kappa shape index (κ3) is 4.25. The molecule has 1 aromatic rings. The number of hydrogen-bond acceptors (Lipinski definition) is 3.